The topological polar surface area (TPSA) is 59.0 Å². The maximum atomic E-state index is 12.2. The molecule has 0 aromatic heterocycles. The van der Waals surface area contributed by atoms with Gasteiger partial charge in [-0.1, -0.05) is 0 Å². The van der Waals surface area contributed by atoms with E-state index >= 15 is 0 Å². The summed E-state index contributed by atoms with van der Waals surface area (Å²) in [4.78, 5) is 14.0. The van der Waals surface area contributed by atoms with E-state index in [2.05, 4.69) is 0 Å². The van der Waals surface area contributed by atoms with Gasteiger partial charge in [0.25, 0.3) is 5.91 Å². The first-order valence-corrected chi connectivity index (χ1v) is 6.87. The number of ether oxygens (including phenoxy) is 2. The van der Waals surface area contributed by atoms with Gasteiger partial charge in [0.05, 0.1) is 13.2 Å². The summed E-state index contributed by atoms with van der Waals surface area (Å²) in [5, 5.41) is 9.45. The summed E-state index contributed by atoms with van der Waals surface area (Å²) >= 11 is 0. The molecule has 0 radical (unpaired) electrons. The van der Waals surface area contributed by atoms with Gasteiger partial charge in [-0.15, -0.1) is 0 Å². The number of benzene rings is 1. The monoisotopic (exact) mass is 279 g/mol. The molecule has 1 unspecified atom stereocenters. The zero-order valence-electron chi connectivity index (χ0n) is 11.9. The van der Waals surface area contributed by atoms with Gasteiger partial charge in [-0.2, -0.15) is 0 Å². The van der Waals surface area contributed by atoms with E-state index in [1.807, 2.05) is 0 Å². The summed E-state index contributed by atoms with van der Waals surface area (Å²) in [7, 11) is 1.60. The Labute approximate surface area is 119 Å². The number of carbonyl (C=O) groups excluding carboxylic acids is 1. The van der Waals surface area contributed by atoms with Crippen LogP contribution in [0.4, 0.5) is 0 Å². The molecule has 1 aromatic rings. The Morgan fingerprint density at radius 3 is 2.35 bits per heavy atom. The molecule has 1 amide bonds. The van der Waals surface area contributed by atoms with Crippen LogP contribution < -0.4 is 9.47 Å². The van der Waals surface area contributed by atoms with Crippen molar-refractivity contribution < 1.29 is 19.4 Å². The molecule has 0 aliphatic carbocycles. The van der Waals surface area contributed by atoms with Crippen LogP contribution in [0.15, 0.2) is 24.3 Å². The predicted molar refractivity (Wildman–Crippen MR) is 74.9 cm³/mol. The summed E-state index contributed by atoms with van der Waals surface area (Å²) in [6.07, 6.45) is 0.470. The Morgan fingerprint density at radius 1 is 1.25 bits per heavy atom. The van der Waals surface area contributed by atoms with E-state index in [-0.39, 0.29) is 12.0 Å². The normalized spacial score (nSPS) is 17.6. The third-order valence-corrected chi connectivity index (χ3v) is 3.50. The Balaban J connectivity index is 1.89. The van der Waals surface area contributed by atoms with Crippen LogP contribution in [0.2, 0.25) is 0 Å². The van der Waals surface area contributed by atoms with Gasteiger partial charge in [0, 0.05) is 13.1 Å². The van der Waals surface area contributed by atoms with Crippen molar-refractivity contribution in [1.29, 1.82) is 0 Å². The summed E-state index contributed by atoms with van der Waals surface area (Å²) in [6.45, 7) is 2.93. The highest BCUT2D eigenvalue weighted by molar-refractivity contribution is 5.81. The van der Waals surface area contributed by atoms with Gasteiger partial charge >= 0.3 is 0 Å². The van der Waals surface area contributed by atoms with Gasteiger partial charge in [-0.25, -0.2) is 0 Å². The SMILES string of the molecule is COc1ccc(OC(C)C(=O)N2CCC(O)CC2)cc1. The quantitative estimate of drug-likeness (QED) is 0.906. The van der Waals surface area contributed by atoms with E-state index < -0.39 is 6.10 Å². The first kappa shape index (κ1) is 14.7. The molecular formula is C15H21NO4. The van der Waals surface area contributed by atoms with Crippen molar-refractivity contribution in [3.05, 3.63) is 24.3 Å². The molecule has 1 fully saturated rings. The van der Waals surface area contributed by atoms with Crippen molar-refractivity contribution in [1.82, 2.24) is 4.90 Å². The molecule has 1 aliphatic heterocycles. The lowest BCUT2D eigenvalue weighted by atomic mass is 10.1. The van der Waals surface area contributed by atoms with Crippen molar-refractivity contribution >= 4 is 5.91 Å². The van der Waals surface area contributed by atoms with E-state index in [4.69, 9.17) is 9.47 Å². The molecule has 1 atom stereocenters. The summed E-state index contributed by atoms with van der Waals surface area (Å²) in [5.74, 6) is 1.36. The van der Waals surface area contributed by atoms with E-state index in [0.717, 1.165) is 5.75 Å². The molecule has 1 N–H and O–H groups in total. The Bertz CT molecular complexity index is 438. The maximum absolute atomic E-state index is 12.2. The Kier molecular flexibility index (Phi) is 4.84. The maximum Gasteiger partial charge on any atom is 0.263 e. The fourth-order valence-corrected chi connectivity index (χ4v) is 2.25. The highest BCUT2D eigenvalue weighted by atomic mass is 16.5. The van der Waals surface area contributed by atoms with E-state index in [9.17, 15) is 9.90 Å². The molecule has 2 rings (SSSR count). The largest absolute Gasteiger partial charge is 0.497 e. The summed E-state index contributed by atoms with van der Waals surface area (Å²) in [5.41, 5.74) is 0. The summed E-state index contributed by atoms with van der Waals surface area (Å²) in [6, 6.07) is 7.15. The van der Waals surface area contributed by atoms with Crippen LogP contribution in [0.1, 0.15) is 19.8 Å². The zero-order chi connectivity index (χ0) is 14.5. The summed E-state index contributed by atoms with van der Waals surface area (Å²) < 4.78 is 10.7. The molecule has 1 aromatic carbocycles. The number of hydrogen-bond acceptors (Lipinski definition) is 4. The molecule has 1 saturated heterocycles. The van der Waals surface area contributed by atoms with Crippen LogP contribution in [0.25, 0.3) is 0 Å². The van der Waals surface area contributed by atoms with Gasteiger partial charge in [-0.3, -0.25) is 4.79 Å². The molecular weight excluding hydrogens is 258 g/mol. The average Bonchev–Trinajstić information content (AvgIpc) is 2.48. The van der Waals surface area contributed by atoms with Crippen molar-refractivity contribution in [3.8, 4) is 11.5 Å². The minimum atomic E-state index is -0.529. The number of piperidine rings is 1. The fraction of sp³-hybridized carbons (Fsp3) is 0.533. The molecule has 0 spiro atoms. The molecule has 0 bridgehead atoms. The van der Waals surface area contributed by atoms with E-state index in [0.29, 0.717) is 31.7 Å². The molecule has 0 saturated carbocycles. The molecule has 1 heterocycles. The average molecular weight is 279 g/mol. The Hall–Kier alpha value is -1.75. The van der Waals surface area contributed by atoms with Gasteiger partial charge in [0.2, 0.25) is 0 Å². The molecule has 5 nitrogen and oxygen atoms in total. The lowest BCUT2D eigenvalue weighted by Gasteiger charge is -2.31. The lowest BCUT2D eigenvalue weighted by Crippen LogP contribution is -2.45. The second kappa shape index (κ2) is 6.61. The number of amides is 1. The number of carbonyl (C=O) groups is 1. The van der Waals surface area contributed by atoms with Crippen LogP contribution in [0.3, 0.4) is 0 Å². The van der Waals surface area contributed by atoms with E-state index in [1.165, 1.54) is 0 Å². The minimum absolute atomic E-state index is 0.0345. The number of rotatable bonds is 4. The predicted octanol–water partition coefficient (Wildman–Crippen LogP) is 1.45. The number of methoxy groups -OCH3 is 1. The van der Waals surface area contributed by atoms with Gasteiger partial charge in [0.1, 0.15) is 11.5 Å². The standard InChI is InChI=1S/C15H21NO4/c1-11(15(18)16-9-7-12(17)8-10-16)20-14-5-3-13(19-2)4-6-14/h3-6,11-12,17H,7-10H2,1-2H3. The van der Waals surface area contributed by atoms with Crippen LogP contribution in [0.5, 0.6) is 11.5 Å². The fourth-order valence-electron chi connectivity index (χ4n) is 2.25. The van der Waals surface area contributed by atoms with Crippen molar-refractivity contribution in [2.75, 3.05) is 20.2 Å². The number of likely N-dealkylation sites (tertiary alicyclic amines) is 1. The third-order valence-electron chi connectivity index (χ3n) is 3.50. The number of aliphatic hydroxyl groups is 1. The van der Waals surface area contributed by atoms with Crippen molar-refractivity contribution in [2.24, 2.45) is 0 Å². The van der Waals surface area contributed by atoms with Crippen molar-refractivity contribution in [3.63, 3.8) is 0 Å². The second-order valence-corrected chi connectivity index (χ2v) is 4.99. The molecule has 1 aliphatic rings. The minimum Gasteiger partial charge on any atom is -0.497 e. The number of nitrogens with zero attached hydrogens (tertiary/aromatic N) is 1. The van der Waals surface area contributed by atoms with Gasteiger partial charge < -0.3 is 19.5 Å². The second-order valence-electron chi connectivity index (χ2n) is 4.99. The highest BCUT2D eigenvalue weighted by Gasteiger charge is 2.26. The van der Waals surface area contributed by atoms with Crippen molar-refractivity contribution in [2.45, 2.75) is 32.0 Å². The first-order valence-electron chi connectivity index (χ1n) is 6.87. The third kappa shape index (κ3) is 3.63. The number of hydrogen-bond donors (Lipinski definition) is 1. The first-order chi connectivity index (χ1) is 9.60. The smallest absolute Gasteiger partial charge is 0.263 e. The van der Waals surface area contributed by atoms with Crippen LogP contribution >= 0.6 is 0 Å². The van der Waals surface area contributed by atoms with Gasteiger partial charge in [-0.05, 0) is 44.0 Å². The zero-order valence-corrected chi connectivity index (χ0v) is 11.9. The van der Waals surface area contributed by atoms with Crippen LogP contribution in [-0.4, -0.2) is 48.3 Å². The lowest BCUT2D eigenvalue weighted by molar-refractivity contribution is -0.139. The van der Waals surface area contributed by atoms with Crippen LogP contribution in [-0.2, 0) is 4.79 Å². The van der Waals surface area contributed by atoms with E-state index in [1.54, 1.807) is 43.2 Å². The Morgan fingerprint density at radius 2 is 1.80 bits per heavy atom. The molecule has 20 heavy (non-hydrogen) atoms. The van der Waals surface area contributed by atoms with Crippen LogP contribution in [0, 0.1) is 0 Å². The highest BCUT2D eigenvalue weighted by Crippen LogP contribution is 2.19. The molecule has 5 heteroatoms. The molecule has 110 valence electrons. The number of aliphatic hydroxyl groups excluding tert-OH is 1. The van der Waals surface area contributed by atoms with Gasteiger partial charge in [0.15, 0.2) is 6.10 Å².